The van der Waals surface area contributed by atoms with Crippen LogP contribution >= 0.6 is 0 Å². The van der Waals surface area contributed by atoms with Crippen molar-refractivity contribution in [2.75, 3.05) is 12.3 Å². The van der Waals surface area contributed by atoms with Crippen LogP contribution in [0.1, 0.15) is 18.2 Å². The molecule has 1 aliphatic heterocycles. The number of carbonyl (C=O) groups excluding carboxylic acids is 1. The molecule has 0 spiro atoms. The first-order chi connectivity index (χ1) is 6.18. The van der Waals surface area contributed by atoms with Gasteiger partial charge in [0.05, 0.1) is 18.0 Å². The van der Waals surface area contributed by atoms with Crippen LogP contribution in [0.5, 0.6) is 0 Å². The number of hydrogen-bond donors (Lipinski definition) is 1. The highest BCUT2D eigenvalue weighted by Gasteiger charge is 2.29. The van der Waals surface area contributed by atoms with E-state index in [1.54, 1.807) is 10.9 Å². The Labute approximate surface area is 75.5 Å². The van der Waals surface area contributed by atoms with E-state index >= 15 is 0 Å². The van der Waals surface area contributed by atoms with E-state index in [1.165, 1.54) is 0 Å². The molecule has 1 aromatic rings. The van der Waals surface area contributed by atoms with Gasteiger partial charge in [0.2, 0.25) is 0 Å². The van der Waals surface area contributed by atoms with Crippen molar-refractivity contribution in [1.29, 1.82) is 0 Å². The van der Waals surface area contributed by atoms with Gasteiger partial charge in [0.15, 0.2) is 6.04 Å². The third-order valence-electron chi connectivity index (χ3n) is 2.18. The summed E-state index contributed by atoms with van der Waals surface area (Å²) in [4.78, 5) is 11.2. The van der Waals surface area contributed by atoms with Crippen LogP contribution < -0.4 is 5.73 Å². The van der Waals surface area contributed by atoms with Gasteiger partial charge in [0.25, 0.3) is 0 Å². The Morgan fingerprint density at radius 3 is 3.00 bits per heavy atom. The summed E-state index contributed by atoms with van der Waals surface area (Å²) >= 11 is 0. The first kappa shape index (κ1) is 8.10. The Bertz CT molecular complexity index is 326. The molecule has 1 aliphatic rings. The number of ether oxygens (including phenoxy) is 1. The minimum absolute atomic E-state index is 0.220. The molecule has 13 heavy (non-hydrogen) atoms. The maximum Gasteiger partial charge on any atom is 0.331 e. The number of anilines is 1. The number of rotatable bonds is 1. The minimum Gasteiger partial charge on any atom is -0.464 e. The maximum atomic E-state index is 11.2. The topological polar surface area (TPSA) is 70.1 Å². The van der Waals surface area contributed by atoms with Crippen LogP contribution in [0.15, 0.2) is 6.20 Å². The molecule has 1 fully saturated rings. The molecule has 0 saturated carbocycles. The summed E-state index contributed by atoms with van der Waals surface area (Å²) in [5.74, 6) is -0.220. The lowest BCUT2D eigenvalue weighted by Crippen LogP contribution is -2.14. The summed E-state index contributed by atoms with van der Waals surface area (Å²) in [6.45, 7) is 2.29. The molecule has 0 bridgehead atoms. The minimum atomic E-state index is -0.281. The predicted molar refractivity (Wildman–Crippen MR) is 46.0 cm³/mol. The standard InChI is InChI=1S/C8H11N3O2/c1-5-6(9)4-11(10-5)7-2-3-13-8(7)12/h4,7H,2-3,9H2,1H3. The Morgan fingerprint density at radius 2 is 2.54 bits per heavy atom. The fourth-order valence-corrected chi connectivity index (χ4v) is 1.38. The highest BCUT2D eigenvalue weighted by molar-refractivity contribution is 5.75. The first-order valence-corrected chi connectivity index (χ1v) is 4.16. The van der Waals surface area contributed by atoms with E-state index in [1.807, 2.05) is 6.92 Å². The number of nitrogens with two attached hydrogens (primary N) is 1. The zero-order valence-corrected chi connectivity index (χ0v) is 7.36. The quantitative estimate of drug-likeness (QED) is 0.631. The summed E-state index contributed by atoms with van der Waals surface area (Å²) < 4.78 is 6.41. The highest BCUT2D eigenvalue weighted by Crippen LogP contribution is 2.21. The Kier molecular flexibility index (Phi) is 1.72. The predicted octanol–water partition coefficient (Wildman–Crippen LogP) is 0.262. The lowest BCUT2D eigenvalue weighted by Gasteiger charge is -2.04. The van der Waals surface area contributed by atoms with E-state index in [4.69, 9.17) is 10.5 Å². The van der Waals surface area contributed by atoms with Crippen LogP contribution in [0, 0.1) is 6.92 Å². The summed E-state index contributed by atoms with van der Waals surface area (Å²) in [5, 5.41) is 4.13. The summed E-state index contributed by atoms with van der Waals surface area (Å²) in [6, 6.07) is -0.281. The molecule has 70 valence electrons. The van der Waals surface area contributed by atoms with Crippen molar-refractivity contribution >= 4 is 11.7 Å². The normalized spacial score (nSPS) is 21.9. The van der Waals surface area contributed by atoms with Crippen LogP contribution in [0.25, 0.3) is 0 Å². The fraction of sp³-hybridized carbons (Fsp3) is 0.500. The van der Waals surface area contributed by atoms with Crippen molar-refractivity contribution in [3.63, 3.8) is 0 Å². The zero-order chi connectivity index (χ0) is 9.42. The molecule has 1 unspecified atom stereocenters. The smallest absolute Gasteiger partial charge is 0.331 e. The van der Waals surface area contributed by atoms with E-state index in [9.17, 15) is 4.79 Å². The monoisotopic (exact) mass is 181 g/mol. The van der Waals surface area contributed by atoms with Crippen LogP contribution in [-0.2, 0) is 9.53 Å². The Morgan fingerprint density at radius 1 is 1.77 bits per heavy atom. The van der Waals surface area contributed by atoms with Crippen LogP contribution in [-0.4, -0.2) is 22.4 Å². The average molecular weight is 181 g/mol. The maximum absolute atomic E-state index is 11.2. The Balaban J connectivity index is 2.29. The number of carbonyl (C=O) groups is 1. The molecule has 2 heterocycles. The van der Waals surface area contributed by atoms with Crippen molar-refractivity contribution in [1.82, 2.24) is 9.78 Å². The van der Waals surface area contributed by atoms with Crippen molar-refractivity contribution in [3.05, 3.63) is 11.9 Å². The molecular weight excluding hydrogens is 170 g/mol. The third kappa shape index (κ3) is 1.26. The Hall–Kier alpha value is -1.52. The lowest BCUT2D eigenvalue weighted by atomic mass is 10.2. The second kappa shape index (κ2) is 2.76. The fourth-order valence-electron chi connectivity index (χ4n) is 1.38. The van der Waals surface area contributed by atoms with Crippen molar-refractivity contribution in [2.24, 2.45) is 0 Å². The number of hydrogen-bond acceptors (Lipinski definition) is 4. The lowest BCUT2D eigenvalue weighted by molar-refractivity contribution is -0.140. The van der Waals surface area contributed by atoms with Gasteiger partial charge in [-0.1, -0.05) is 0 Å². The van der Waals surface area contributed by atoms with Gasteiger partial charge in [0, 0.05) is 12.6 Å². The second-order valence-electron chi connectivity index (χ2n) is 3.12. The van der Waals surface area contributed by atoms with Gasteiger partial charge < -0.3 is 10.5 Å². The molecule has 0 aromatic carbocycles. The van der Waals surface area contributed by atoms with Crippen molar-refractivity contribution in [3.8, 4) is 0 Å². The van der Waals surface area contributed by atoms with Gasteiger partial charge in [-0.05, 0) is 6.92 Å². The van der Waals surface area contributed by atoms with E-state index in [0.717, 1.165) is 5.69 Å². The molecule has 2 rings (SSSR count). The molecule has 5 heteroatoms. The zero-order valence-electron chi connectivity index (χ0n) is 7.36. The summed E-state index contributed by atoms with van der Waals surface area (Å²) in [5.41, 5.74) is 6.98. The molecule has 0 amide bonds. The third-order valence-corrected chi connectivity index (χ3v) is 2.18. The number of esters is 1. The van der Waals surface area contributed by atoms with Gasteiger partial charge in [-0.2, -0.15) is 5.10 Å². The molecule has 5 nitrogen and oxygen atoms in total. The number of nitrogen functional groups attached to an aromatic ring is 1. The first-order valence-electron chi connectivity index (χ1n) is 4.16. The van der Waals surface area contributed by atoms with Gasteiger partial charge in [-0.15, -0.1) is 0 Å². The van der Waals surface area contributed by atoms with Crippen molar-refractivity contribution in [2.45, 2.75) is 19.4 Å². The summed E-state index contributed by atoms with van der Waals surface area (Å²) in [7, 11) is 0. The molecule has 0 radical (unpaired) electrons. The second-order valence-corrected chi connectivity index (χ2v) is 3.12. The van der Waals surface area contributed by atoms with Gasteiger partial charge in [0.1, 0.15) is 0 Å². The van der Waals surface area contributed by atoms with Gasteiger partial charge in [-0.25, -0.2) is 4.79 Å². The number of aromatic nitrogens is 2. The summed E-state index contributed by atoms with van der Waals surface area (Å²) in [6.07, 6.45) is 2.35. The van der Waals surface area contributed by atoms with E-state index < -0.39 is 0 Å². The molecular formula is C8H11N3O2. The van der Waals surface area contributed by atoms with E-state index in [0.29, 0.717) is 18.7 Å². The molecule has 1 aromatic heterocycles. The SMILES string of the molecule is Cc1nn(C2CCOC2=O)cc1N. The molecule has 2 N–H and O–H groups in total. The van der Waals surface area contributed by atoms with Gasteiger partial charge >= 0.3 is 5.97 Å². The van der Waals surface area contributed by atoms with Crippen molar-refractivity contribution < 1.29 is 9.53 Å². The van der Waals surface area contributed by atoms with Crippen LogP contribution in [0.2, 0.25) is 0 Å². The average Bonchev–Trinajstić information content (AvgIpc) is 2.60. The van der Waals surface area contributed by atoms with Crippen LogP contribution in [0.4, 0.5) is 5.69 Å². The van der Waals surface area contributed by atoms with Crippen LogP contribution in [0.3, 0.4) is 0 Å². The number of aryl methyl sites for hydroxylation is 1. The number of nitrogens with zero attached hydrogens (tertiary/aromatic N) is 2. The largest absolute Gasteiger partial charge is 0.464 e. The number of cyclic esters (lactones) is 1. The molecule has 1 saturated heterocycles. The molecule has 1 atom stereocenters. The van der Waals surface area contributed by atoms with E-state index in [-0.39, 0.29) is 12.0 Å². The van der Waals surface area contributed by atoms with Gasteiger partial charge in [-0.3, -0.25) is 4.68 Å². The molecule has 0 aliphatic carbocycles. The highest BCUT2D eigenvalue weighted by atomic mass is 16.5. The van der Waals surface area contributed by atoms with E-state index in [2.05, 4.69) is 5.10 Å².